The molecule has 2 aromatic carbocycles. The molecule has 2 aromatic heterocycles. The number of rotatable bonds is 10. The summed E-state index contributed by atoms with van der Waals surface area (Å²) in [6.45, 7) is 2.64. The molecule has 0 aliphatic heterocycles. The first kappa shape index (κ1) is 26.2. The van der Waals surface area contributed by atoms with E-state index >= 15 is 0 Å². The zero-order valence-electron chi connectivity index (χ0n) is 20.8. The summed E-state index contributed by atoms with van der Waals surface area (Å²) in [6.07, 6.45) is 0. The zero-order chi connectivity index (χ0) is 26.4. The highest BCUT2D eigenvalue weighted by Crippen LogP contribution is 2.37. The number of thioether (sulfide) groups is 1. The van der Waals surface area contributed by atoms with Gasteiger partial charge in [0.2, 0.25) is 5.91 Å². The number of methoxy groups -OCH3 is 3. The molecule has 0 spiro atoms. The largest absolute Gasteiger partial charge is 0.497 e. The van der Waals surface area contributed by atoms with E-state index in [1.807, 2.05) is 65.4 Å². The lowest BCUT2D eigenvalue weighted by atomic mass is 10.0. The normalized spacial score (nSPS) is 10.7. The average molecular weight is 539 g/mol. The first-order chi connectivity index (χ1) is 18.0. The summed E-state index contributed by atoms with van der Waals surface area (Å²) >= 11 is 2.55. The number of benzene rings is 2. The Morgan fingerprint density at radius 3 is 2.14 bits per heavy atom. The Kier molecular flexibility index (Phi) is 8.47. The van der Waals surface area contributed by atoms with Gasteiger partial charge in [0.25, 0.3) is 0 Å². The maximum atomic E-state index is 12.9. The fourth-order valence-corrected chi connectivity index (χ4v) is 5.44. The van der Waals surface area contributed by atoms with Crippen molar-refractivity contribution >= 4 is 40.0 Å². The van der Waals surface area contributed by atoms with E-state index < -0.39 is 5.97 Å². The molecule has 1 N–H and O–H groups in total. The predicted octanol–water partition coefficient (Wildman–Crippen LogP) is 5.23. The SMILES string of the molecule is CCn1c(SCC(=O)Nc2scc(-c3ccc(OC)cc3)c2C(=O)OC)nnc1-c1ccc(OC)cc1. The van der Waals surface area contributed by atoms with E-state index in [4.69, 9.17) is 14.2 Å². The number of aromatic nitrogens is 3. The minimum absolute atomic E-state index is 0.0944. The van der Waals surface area contributed by atoms with Gasteiger partial charge in [-0.2, -0.15) is 0 Å². The van der Waals surface area contributed by atoms with Crippen molar-refractivity contribution in [3.63, 3.8) is 0 Å². The van der Waals surface area contributed by atoms with Crippen molar-refractivity contribution in [1.82, 2.24) is 14.8 Å². The van der Waals surface area contributed by atoms with E-state index in [0.717, 1.165) is 16.9 Å². The number of thiophene rings is 1. The van der Waals surface area contributed by atoms with E-state index in [9.17, 15) is 9.59 Å². The fraction of sp³-hybridized carbons (Fsp3) is 0.231. The maximum absolute atomic E-state index is 12.9. The van der Waals surface area contributed by atoms with E-state index in [1.54, 1.807) is 14.2 Å². The van der Waals surface area contributed by atoms with Crippen LogP contribution in [-0.2, 0) is 16.1 Å². The zero-order valence-corrected chi connectivity index (χ0v) is 22.4. The van der Waals surface area contributed by atoms with Gasteiger partial charge in [-0.15, -0.1) is 21.5 Å². The third kappa shape index (κ3) is 5.78. The maximum Gasteiger partial charge on any atom is 0.341 e. The molecule has 192 valence electrons. The molecule has 9 nitrogen and oxygen atoms in total. The summed E-state index contributed by atoms with van der Waals surface area (Å²) in [4.78, 5) is 25.5. The molecule has 0 saturated heterocycles. The highest BCUT2D eigenvalue weighted by molar-refractivity contribution is 7.99. The molecule has 0 bridgehead atoms. The summed E-state index contributed by atoms with van der Waals surface area (Å²) in [5.74, 6) is 1.48. The van der Waals surface area contributed by atoms with Gasteiger partial charge >= 0.3 is 5.97 Å². The quantitative estimate of drug-likeness (QED) is 0.216. The Morgan fingerprint density at radius 2 is 1.57 bits per heavy atom. The van der Waals surface area contributed by atoms with Crippen LogP contribution in [0.25, 0.3) is 22.5 Å². The summed E-state index contributed by atoms with van der Waals surface area (Å²) in [5, 5.41) is 14.3. The molecule has 4 rings (SSSR count). The van der Waals surface area contributed by atoms with Gasteiger partial charge in [-0.1, -0.05) is 23.9 Å². The Bertz CT molecular complexity index is 1380. The summed E-state index contributed by atoms with van der Waals surface area (Å²) < 4.78 is 17.4. The molecule has 0 radical (unpaired) electrons. The molecule has 1 amide bonds. The summed E-state index contributed by atoms with van der Waals surface area (Å²) in [6, 6.07) is 14.9. The monoisotopic (exact) mass is 538 g/mol. The Balaban J connectivity index is 1.49. The topological polar surface area (TPSA) is 105 Å². The van der Waals surface area contributed by atoms with Crippen LogP contribution < -0.4 is 14.8 Å². The van der Waals surface area contributed by atoms with Crippen LogP contribution in [0.1, 0.15) is 17.3 Å². The molecule has 0 atom stereocenters. The summed E-state index contributed by atoms with van der Waals surface area (Å²) in [7, 11) is 4.53. The molecule has 11 heteroatoms. The molecule has 4 aromatic rings. The van der Waals surface area contributed by atoms with Gasteiger partial charge in [0, 0.05) is 23.1 Å². The molecular formula is C26H26N4O5S2. The Labute approximate surface area is 222 Å². The highest BCUT2D eigenvalue weighted by Gasteiger charge is 2.23. The third-order valence-corrected chi connectivity index (χ3v) is 7.41. The van der Waals surface area contributed by atoms with Crippen molar-refractivity contribution in [3.05, 3.63) is 59.5 Å². The fourth-order valence-electron chi connectivity index (χ4n) is 3.66. The van der Waals surface area contributed by atoms with Crippen LogP contribution in [-0.4, -0.2) is 53.7 Å². The Hall–Kier alpha value is -3.83. The van der Waals surface area contributed by atoms with Crippen molar-refractivity contribution in [2.75, 3.05) is 32.4 Å². The summed E-state index contributed by atoms with van der Waals surface area (Å²) in [5.41, 5.74) is 2.71. The van der Waals surface area contributed by atoms with Crippen molar-refractivity contribution in [3.8, 4) is 34.0 Å². The second-order valence-corrected chi connectivity index (χ2v) is 9.51. The molecule has 37 heavy (non-hydrogen) atoms. The lowest BCUT2D eigenvalue weighted by Gasteiger charge is -2.09. The van der Waals surface area contributed by atoms with Crippen LogP contribution in [0, 0.1) is 0 Å². The number of esters is 1. The van der Waals surface area contributed by atoms with Gasteiger partial charge < -0.3 is 24.1 Å². The number of ether oxygens (including phenoxy) is 3. The van der Waals surface area contributed by atoms with Crippen LogP contribution in [0.15, 0.2) is 59.1 Å². The second-order valence-electron chi connectivity index (χ2n) is 7.69. The lowest BCUT2D eigenvalue weighted by Crippen LogP contribution is -2.16. The van der Waals surface area contributed by atoms with Crippen molar-refractivity contribution in [1.29, 1.82) is 0 Å². The van der Waals surface area contributed by atoms with Gasteiger partial charge in [0.05, 0.1) is 27.1 Å². The number of nitrogens with one attached hydrogen (secondary N) is 1. The van der Waals surface area contributed by atoms with Crippen molar-refractivity contribution in [2.24, 2.45) is 0 Å². The average Bonchev–Trinajstić information content (AvgIpc) is 3.55. The standard InChI is InChI=1S/C26H26N4O5S2/c1-5-30-23(17-8-12-19(34-3)13-9-17)28-29-26(30)37-15-21(31)27-24-22(25(32)35-4)20(14-36-24)16-6-10-18(33-2)11-7-16/h6-14H,5,15H2,1-4H3,(H,27,31). The molecule has 0 aliphatic rings. The van der Waals surface area contributed by atoms with Crippen LogP contribution in [0.5, 0.6) is 11.5 Å². The molecule has 0 saturated carbocycles. The molecule has 2 heterocycles. The number of anilines is 1. The first-order valence-corrected chi connectivity index (χ1v) is 13.2. The van der Waals surface area contributed by atoms with E-state index in [0.29, 0.717) is 39.4 Å². The molecule has 0 aliphatic carbocycles. The van der Waals surface area contributed by atoms with Gasteiger partial charge in [-0.25, -0.2) is 4.79 Å². The first-order valence-electron chi connectivity index (χ1n) is 11.3. The third-order valence-electron chi connectivity index (χ3n) is 5.55. The number of amides is 1. The second kappa shape index (κ2) is 11.9. The number of nitrogens with zero attached hydrogens (tertiary/aromatic N) is 3. The molecular weight excluding hydrogens is 512 g/mol. The van der Waals surface area contributed by atoms with Crippen LogP contribution in [0.4, 0.5) is 5.00 Å². The molecule has 0 fully saturated rings. The van der Waals surface area contributed by atoms with E-state index in [-0.39, 0.29) is 11.7 Å². The lowest BCUT2D eigenvalue weighted by molar-refractivity contribution is -0.113. The van der Waals surface area contributed by atoms with Crippen LogP contribution in [0.2, 0.25) is 0 Å². The van der Waals surface area contributed by atoms with E-state index in [1.165, 1.54) is 30.2 Å². The van der Waals surface area contributed by atoms with Gasteiger partial charge in [-0.3, -0.25) is 4.79 Å². The van der Waals surface area contributed by atoms with Gasteiger partial charge in [0.15, 0.2) is 11.0 Å². The van der Waals surface area contributed by atoms with Crippen molar-refractivity contribution < 1.29 is 23.8 Å². The van der Waals surface area contributed by atoms with Crippen LogP contribution in [0.3, 0.4) is 0 Å². The van der Waals surface area contributed by atoms with Crippen molar-refractivity contribution in [2.45, 2.75) is 18.6 Å². The number of carbonyl (C=O) groups is 2. The van der Waals surface area contributed by atoms with Crippen LogP contribution >= 0.6 is 23.1 Å². The minimum Gasteiger partial charge on any atom is -0.497 e. The number of carbonyl (C=O) groups excluding carboxylic acids is 2. The smallest absolute Gasteiger partial charge is 0.341 e. The van der Waals surface area contributed by atoms with Gasteiger partial charge in [0.1, 0.15) is 22.1 Å². The minimum atomic E-state index is -0.523. The number of hydrogen-bond donors (Lipinski definition) is 1. The van der Waals surface area contributed by atoms with E-state index in [2.05, 4.69) is 15.5 Å². The van der Waals surface area contributed by atoms with Gasteiger partial charge in [-0.05, 0) is 48.9 Å². The predicted molar refractivity (Wildman–Crippen MR) is 145 cm³/mol. The number of hydrogen-bond acceptors (Lipinski definition) is 9. The molecule has 0 unspecified atom stereocenters. The highest BCUT2D eigenvalue weighted by atomic mass is 32.2. The Morgan fingerprint density at radius 1 is 0.946 bits per heavy atom.